The summed E-state index contributed by atoms with van der Waals surface area (Å²) in [5, 5.41) is 3.02. The lowest BCUT2D eigenvalue weighted by molar-refractivity contribution is 0.0945. The van der Waals surface area contributed by atoms with E-state index >= 15 is 0 Å². The van der Waals surface area contributed by atoms with Gasteiger partial charge in [0.15, 0.2) is 0 Å². The Hall–Kier alpha value is -2.40. The van der Waals surface area contributed by atoms with Crippen molar-refractivity contribution in [3.05, 3.63) is 58.9 Å². The number of pyridine rings is 1. The van der Waals surface area contributed by atoms with E-state index in [0.29, 0.717) is 24.8 Å². The van der Waals surface area contributed by atoms with Crippen LogP contribution in [-0.2, 0) is 6.61 Å². The predicted octanol–water partition coefficient (Wildman–Crippen LogP) is 3.74. The molecule has 1 heterocycles. The van der Waals surface area contributed by atoms with Crippen LogP contribution in [0, 0.1) is 13.8 Å². The van der Waals surface area contributed by atoms with Crippen molar-refractivity contribution in [2.45, 2.75) is 47.3 Å². The second kappa shape index (κ2) is 10.1. The predicted molar refractivity (Wildman–Crippen MR) is 109 cm³/mol. The van der Waals surface area contributed by atoms with Gasteiger partial charge in [0.1, 0.15) is 12.4 Å². The minimum atomic E-state index is -0.0418. The summed E-state index contributed by atoms with van der Waals surface area (Å²) in [6.07, 6.45) is 3.54. The Labute approximate surface area is 162 Å². The number of carbonyl (C=O) groups is 1. The minimum Gasteiger partial charge on any atom is -0.488 e. The molecule has 0 aliphatic carbocycles. The topological polar surface area (TPSA) is 54.5 Å². The maximum Gasteiger partial charge on any atom is 0.251 e. The number of likely N-dealkylation sites (N-methyl/N-ethyl adjacent to an activating group) is 1. The smallest absolute Gasteiger partial charge is 0.251 e. The first kappa shape index (κ1) is 20.9. The number of nitrogens with zero attached hydrogens (tertiary/aromatic N) is 2. The standard InChI is InChI=1S/C22H31N3O2/c1-6-25(16(2)3)11-10-24-22(26)20-12-17(4)21(18(5)13-20)27-15-19-8-7-9-23-14-19/h7-9,12-14,16H,6,10-11,15H2,1-5H3,(H,24,26). The molecule has 0 bridgehead atoms. The van der Waals surface area contributed by atoms with E-state index in [1.54, 1.807) is 12.4 Å². The molecule has 1 aromatic carbocycles. The summed E-state index contributed by atoms with van der Waals surface area (Å²) >= 11 is 0. The molecule has 0 saturated carbocycles. The maximum atomic E-state index is 12.5. The van der Waals surface area contributed by atoms with Gasteiger partial charge in [-0.3, -0.25) is 14.7 Å². The zero-order chi connectivity index (χ0) is 19.8. The Balaban J connectivity index is 1.97. The number of benzene rings is 1. The molecule has 0 spiro atoms. The van der Waals surface area contributed by atoms with Crippen molar-refractivity contribution < 1.29 is 9.53 Å². The fourth-order valence-corrected chi connectivity index (χ4v) is 3.14. The molecule has 0 fully saturated rings. The van der Waals surface area contributed by atoms with Gasteiger partial charge in [-0.05, 0) is 63.6 Å². The van der Waals surface area contributed by atoms with Gasteiger partial charge in [-0.25, -0.2) is 0 Å². The molecule has 0 unspecified atom stereocenters. The average Bonchev–Trinajstić information content (AvgIpc) is 2.64. The molecule has 0 aliphatic rings. The molecule has 1 amide bonds. The van der Waals surface area contributed by atoms with Gasteiger partial charge >= 0.3 is 0 Å². The van der Waals surface area contributed by atoms with Gasteiger partial charge in [0.05, 0.1) is 0 Å². The van der Waals surface area contributed by atoms with E-state index in [-0.39, 0.29) is 5.91 Å². The molecule has 5 nitrogen and oxygen atoms in total. The van der Waals surface area contributed by atoms with Gasteiger partial charge in [0, 0.05) is 42.7 Å². The number of ether oxygens (including phenoxy) is 1. The Kier molecular flexibility index (Phi) is 7.80. The normalized spacial score (nSPS) is 11.1. The van der Waals surface area contributed by atoms with E-state index in [1.807, 2.05) is 38.1 Å². The molecule has 146 valence electrons. The first-order valence-electron chi connectivity index (χ1n) is 9.57. The second-order valence-corrected chi connectivity index (χ2v) is 7.07. The highest BCUT2D eigenvalue weighted by Gasteiger charge is 2.13. The molecule has 2 aromatic rings. The van der Waals surface area contributed by atoms with Crippen LogP contribution in [0.2, 0.25) is 0 Å². The van der Waals surface area contributed by atoms with Crippen molar-refractivity contribution in [3.8, 4) is 5.75 Å². The molecular weight excluding hydrogens is 338 g/mol. The lowest BCUT2D eigenvalue weighted by atomic mass is 10.0. The number of aryl methyl sites for hydroxylation is 2. The van der Waals surface area contributed by atoms with Crippen molar-refractivity contribution in [1.82, 2.24) is 15.2 Å². The zero-order valence-electron chi connectivity index (χ0n) is 17.1. The van der Waals surface area contributed by atoms with Crippen molar-refractivity contribution in [3.63, 3.8) is 0 Å². The van der Waals surface area contributed by atoms with Gasteiger partial charge in [-0.2, -0.15) is 0 Å². The summed E-state index contributed by atoms with van der Waals surface area (Å²) in [5.41, 5.74) is 3.61. The Bertz CT molecular complexity index is 721. The number of nitrogens with one attached hydrogen (secondary N) is 1. The van der Waals surface area contributed by atoms with Crippen molar-refractivity contribution in [2.24, 2.45) is 0 Å². The summed E-state index contributed by atoms with van der Waals surface area (Å²) in [7, 11) is 0. The summed E-state index contributed by atoms with van der Waals surface area (Å²) < 4.78 is 5.96. The molecule has 0 atom stereocenters. The van der Waals surface area contributed by atoms with Crippen LogP contribution in [0.4, 0.5) is 0 Å². The number of hydrogen-bond donors (Lipinski definition) is 1. The van der Waals surface area contributed by atoms with Gasteiger partial charge in [0.2, 0.25) is 0 Å². The van der Waals surface area contributed by atoms with Gasteiger partial charge in [-0.15, -0.1) is 0 Å². The van der Waals surface area contributed by atoms with Crippen molar-refractivity contribution in [1.29, 1.82) is 0 Å². The molecular formula is C22H31N3O2. The minimum absolute atomic E-state index is 0.0418. The molecule has 0 radical (unpaired) electrons. The maximum absolute atomic E-state index is 12.5. The highest BCUT2D eigenvalue weighted by atomic mass is 16.5. The van der Waals surface area contributed by atoms with Crippen LogP contribution in [0.5, 0.6) is 5.75 Å². The SMILES string of the molecule is CCN(CCNC(=O)c1cc(C)c(OCc2cccnc2)c(C)c1)C(C)C. The lowest BCUT2D eigenvalue weighted by Crippen LogP contribution is -2.38. The number of hydrogen-bond acceptors (Lipinski definition) is 4. The Morgan fingerprint density at radius 2 is 1.96 bits per heavy atom. The number of carbonyl (C=O) groups excluding carboxylic acids is 1. The third kappa shape index (κ3) is 6.07. The van der Waals surface area contributed by atoms with E-state index < -0.39 is 0 Å². The molecule has 2 rings (SSSR count). The second-order valence-electron chi connectivity index (χ2n) is 7.07. The molecule has 5 heteroatoms. The molecule has 27 heavy (non-hydrogen) atoms. The van der Waals surface area contributed by atoms with Crippen LogP contribution in [0.25, 0.3) is 0 Å². The first-order chi connectivity index (χ1) is 12.9. The highest BCUT2D eigenvalue weighted by Crippen LogP contribution is 2.25. The zero-order valence-corrected chi connectivity index (χ0v) is 17.1. The first-order valence-corrected chi connectivity index (χ1v) is 9.57. The van der Waals surface area contributed by atoms with Crippen molar-refractivity contribution >= 4 is 5.91 Å². The fourth-order valence-electron chi connectivity index (χ4n) is 3.14. The molecule has 0 aliphatic heterocycles. The number of aromatic nitrogens is 1. The molecule has 0 saturated heterocycles. The van der Waals surface area contributed by atoms with Crippen molar-refractivity contribution in [2.75, 3.05) is 19.6 Å². The Morgan fingerprint density at radius 1 is 1.26 bits per heavy atom. The van der Waals surface area contributed by atoms with Crippen LogP contribution in [-0.4, -0.2) is 41.5 Å². The van der Waals surface area contributed by atoms with Crippen LogP contribution in [0.3, 0.4) is 0 Å². The monoisotopic (exact) mass is 369 g/mol. The highest BCUT2D eigenvalue weighted by molar-refractivity contribution is 5.94. The van der Waals surface area contributed by atoms with E-state index in [0.717, 1.165) is 35.5 Å². The largest absolute Gasteiger partial charge is 0.488 e. The third-order valence-corrected chi connectivity index (χ3v) is 4.65. The van der Waals surface area contributed by atoms with E-state index in [1.165, 1.54) is 0 Å². The van der Waals surface area contributed by atoms with E-state index in [2.05, 4.69) is 36.0 Å². The summed E-state index contributed by atoms with van der Waals surface area (Å²) in [6, 6.07) is 8.13. The summed E-state index contributed by atoms with van der Waals surface area (Å²) in [6.45, 7) is 13.4. The van der Waals surface area contributed by atoms with Gasteiger partial charge in [0.25, 0.3) is 5.91 Å². The quantitative estimate of drug-likeness (QED) is 0.732. The van der Waals surface area contributed by atoms with Crippen LogP contribution < -0.4 is 10.1 Å². The fraction of sp³-hybridized carbons (Fsp3) is 0.455. The van der Waals surface area contributed by atoms with E-state index in [9.17, 15) is 4.79 Å². The third-order valence-electron chi connectivity index (χ3n) is 4.65. The van der Waals surface area contributed by atoms with Crippen LogP contribution in [0.1, 0.15) is 47.8 Å². The summed E-state index contributed by atoms with van der Waals surface area (Å²) in [4.78, 5) is 18.9. The van der Waals surface area contributed by atoms with Gasteiger partial charge in [-0.1, -0.05) is 13.0 Å². The van der Waals surface area contributed by atoms with Gasteiger partial charge < -0.3 is 10.1 Å². The number of amides is 1. The lowest BCUT2D eigenvalue weighted by Gasteiger charge is -2.24. The Morgan fingerprint density at radius 3 is 2.52 bits per heavy atom. The van der Waals surface area contributed by atoms with Crippen LogP contribution >= 0.6 is 0 Å². The number of rotatable bonds is 9. The van der Waals surface area contributed by atoms with E-state index in [4.69, 9.17) is 4.74 Å². The molecule has 1 N–H and O–H groups in total. The summed E-state index contributed by atoms with van der Waals surface area (Å²) in [5.74, 6) is 0.784. The van der Waals surface area contributed by atoms with Crippen LogP contribution in [0.15, 0.2) is 36.7 Å². The average molecular weight is 370 g/mol. The molecule has 1 aromatic heterocycles.